The molecular weight excluding hydrogens is 498 g/mol. The van der Waals surface area contributed by atoms with Crippen LogP contribution in [-0.2, 0) is 24.6 Å². The minimum Gasteiger partial charge on any atom is -0.379 e. The number of sulfonamides is 1. The van der Waals surface area contributed by atoms with Crippen LogP contribution < -0.4 is 15.3 Å². The fraction of sp³-hybridized carbons (Fsp3) is 0.333. The van der Waals surface area contributed by atoms with Gasteiger partial charge in [-0.25, -0.2) is 21.6 Å². The molecule has 190 valence electrons. The minimum absolute atomic E-state index is 0.00613. The molecule has 0 saturated carbocycles. The van der Waals surface area contributed by atoms with E-state index in [1.165, 1.54) is 42.5 Å². The molecule has 1 amide bonds. The summed E-state index contributed by atoms with van der Waals surface area (Å²) in [5.41, 5.74) is 5.43. The van der Waals surface area contributed by atoms with E-state index in [0.29, 0.717) is 24.8 Å². The topological polar surface area (TPSA) is 172 Å². The fourth-order valence-electron chi connectivity index (χ4n) is 3.21. The highest BCUT2D eigenvalue weighted by Gasteiger charge is 2.23. The second kappa shape index (κ2) is 11.1. The van der Waals surface area contributed by atoms with Crippen LogP contribution in [0.25, 0.3) is 0 Å². The maximum atomic E-state index is 12.8. The van der Waals surface area contributed by atoms with E-state index in [0.717, 1.165) is 25.4 Å². The Morgan fingerprint density at radius 3 is 2.37 bits per heavy atom. The van der Waals surface area contributed by atoms with E-state index in [4.69, 9.17) is 20.7 Å². The van der Waals surface area contributed by atoms with Crippen molar-refractivity contribution in [2.75, 3.05) is 45.6 Å². The van der Waals surface area contributed by atoms with Crippen LogP contribution in [0.2, 0.25) is 0 Å². The maximum absolute atomic E-state index is 12.8. The number of nitrogens with one attached hydrogen (secondary N) is 2. The molecule has 2 aromatic carbocycles. The van der Waals surface area contributed by atoms with E-state index < -0.39 is 31.7 Å². The van der Waals surface area contributed by atoms with Crippen molar-refractivity contribution in [2.45, 2.75) is 9.79 Å². The van der Waals surface area contributed by atoms with Gasteiger partial charge in [0.25, 0.3) is 5.91 Å². The Morgan fingerprint density at radius 1 is 1.11 bits per heavy atom. The summed E-state index contributed by atoms with van der Waals surface area (Å²) in [5.74, 6) is -1.58. The second-order valence-corrected chi connectivity index (χ2v) is 11.5. The van der Waals surface area contributed by atoms with E-state index in [2.05, 4.69) is 9.62 Å². The molecule has 0 bridgehead atoms. The summed E-state index contributed by atoms with van der Waals surface area (Å²) in [5, 5.41) is 8.16. The molecule has 1 aliphatic heterocycles. The molecule has 0 atom stereocenters. The van der Waals surface area contributed by atoms with Crippen LogP contribution in [0, 0.1) is 5.41 Å². The first-order chi connectivity index (χ1) is 16.5. The van der Waals surface area contributed by atoms with Crippen molar-refractivity contribution in [3.63, 3.8) is 0 Å². The molecule has 2 aromatic rings. The zero-order chi connectivity index (χ0) is 25.6. The van der Waals surface area contributed by atoms with Crippen molar-refractivity contribution in [1.82, 2.24) is 14.7 Å². The van der Waals surface area contributed by atoms with Gasteiger partial charge in [0.1, 0.15) is 0 Å². The van der Waals surface area contributed by atoms with Crippen LogP contribution in [0.5, 0.6) is 5.75 Å². The number of carbonyl (C=O) groups excluding carboxylic acids is 1. The van der Waals surface area contributed by atoms with E-state index in [-0.39, 0.29) is 27.6 Å². The summed E-state index contributed by atoms with van der Waals surface area (Å²) < 4.78 is 56.5. The Kier molecular flexibility index (Phi) is 8.45. The first-order valence-corrected chi connectivity index (χ1v) is 13.9. The fourth-order valence-corrected chi connectivity index (χ4v) is 4.90. The summed E-state index contributed by atoms with van der Waals surface area (Å²) in [4.78, 5) is 20.2. The largest absolute Gasteiger partial charge is 0.379 e. The van der Waals surface area contributed by atoms with Gasteiger partial charge < -0.3 is 15.3 Å². The molecule has 1 aliphatic rings. The summed E-state index contributed by atoms with van der Waals surface area (Å²) in [7, 11) is -7.33. The number of nitrogens with two attached hydrogens (primary N) is 1. The van der Waals surface area contributed by atoms with E-state index in [1.807, 2.05) is 0 Å². The highest BCUT2D eigenvalue weighted by molar-refractivity contribution is 7.90. The number of benzene rings is 2. The monoisotopic (exact) mass is 525 g/mol. The van der Waals surface area contributed by atoms with Gasteiger partial charge in [0.15, 0.2) is 15.6 Å². The van der Waals surface area contributed by atoms with Crippen LogP contribution >= 0.6 is 0 Å². The Bertz CT molecular complexity index is 1280. The van der Waals surface area contributed by atoms with E-state index >= 15 is 0 Å². The quantitative estimate of drug-likeness (QED) is 0.232. The molecule has 1 fully saturated rings. The van der Waals surface area contributed by atoms with Crippen LogP contribution in [0.3, 0.4) is 0 Å². The number of morpholine rings is 1. The lowest BCUT2D eigenvalue weighted by atomic mass is 10.2. The Balaban J connectivity index is 1.67. The Morgan fingerprint density at radius 2 is 1.77 bits per heavy atom. The summed E-state index contributed by atoms with van der Waals surface area (Å²) in [6, 6.07) is 10.4. The van der Waals surface area contributed by atoms with Gasteiger partial charge in [0.05, 0.1) is 23.0 Å². The van der Waals surface area contributed by atoms with Gasteiger partial charge in [-0.2, -0.15) is 0 Å². The number of hydrogen-bond acceptors (Lipinski definition) is 9. The minimum atomic E-state index is -3.77. The van der Waals surface area contributed by atoms with Crippen LogP contribution in [0.1, 0.15) is 10.4 Å². The van der Waals surface area contributed by atoms with E-state index in [1.54, 1.807) is 0 Å². The lowest BCUT2D eigenvalue weighted by Gasteiger charge is -2.26. The number of sulfone groups is 1. The van der Waals surface area contributed by atoms with Crippen LogP contribution in [0.4, 0.5) is 0 Å². The second-order valence-electron chi connectivity index (χ2n) is 7.70. The van der Waals surface area contributed by atoms with Crippen molar-refractivity contribution in [3.05, 3.63) is 54.1 Å². The van der Waals surface area contributed by atoms with Gasteiger partial charge in [-0.1, -0.05) is 6.07 Å². The molecule has 14 heteroatoms. The average Bonchev–Trinajstić information content (AvgIpc) is 2.82. The molecule has 1 heterocycles. The molecule has 0 radical (unpaired) electrons. The van der Waals surface area contributed by atoms with Crippen LogP contribution in [0.15, 0.2) is 58.3 Å². The summed E-state index contributed by atoms with van der Waals surface area (Å²) in [6.45, 7) is 3.53. The number of ether oxygens (including phenoxy) is 1. The SMILES string of the molecule is CS(=O)(=O)c1cccc(C(=O)N(Oc2ccc(S(=O)(=O)NCCN3CCOCC3)cc2)C(=N)N)c1. The molecule has 0 aliphatic carbocycles. The highest BCUT2D eigenvalue weighted by atomic mass is 32.2. The number of carbonyl (C=O) groups is 1. The predicted octanol–water partition coefficient (Wildman–Crippen LogP) is 0.0303. The number of hydrogen-bond donors (Lipinski definition) is 3. The van der Waals surface area contributed by atoms with Gasteiger partial charge in [-0.3, -0.25) is 15.1 Å². The molecule has 0 spiro atoms. The molecule has 4 N–H and O–H groups in total. The Hall–Kier alpha value is -3.04. The van der Waals surface area contributed by atoms with Crippen molar-refractivity contribution in [2.24, 2.45) is 5.73 Å². The van der Waals surface area contributed by atoms with Crippen LogP contribution in [-0.4, -0.2) is 84.3 Å². The number of hydroxylamine groups is 2. The Labute approximate surface area is 204 Å². The van der Waals surface area contributed by atoms with Crippen molar-refractivity contribution < 1.29 is 31.2 Å². The average molecular weight is 526 g/mol. The van der Waals surface area contributed by atoms with Gasteiger partial charge in [0, 0.05) is 38.0 Å². The van der Waals surface area contributed by atoms with Crippen molar-refractivity contribution in [3.8, 4) is 5.75 Å². The zero-order valence-corrected chi connectivity index (χ0v) is 20.6. The van der Waals surface area contributed by atoms with Crippen molar-refractivity contribution >= 4 is 31.7 Å². The first-order valence-electron chi connectivity index (χ1n) is 10.5. The number of amides is 1. The molecule has 3 rings (SSSR count). The zero-order valence-electron chi connectivity index (χ0n) is 19.0. The highest BCUT2D eigenvalue weighted by Crippen LogP contribution is 2.19. The smallest absolute Gasteiger partial charge is 0.294 e. The number of rotatable bonds is 9. The number of guanidine groups is 1. The van der Waals surface area contributed by atoms with Gasteiger partial charge in [-0.05, 0) is 42.5 Å². The third kappa shape index (κ3) is 7.22. The van der Waals surface area contributed by atoms with Gasteiger partial charge in [-0.15, -0.1) is 5.06 Å². The molecule has 12 nitrogen and oxygen atoms in total. The van der Waals surface area contributed by atoms with Gasteiger partial charge >= 0.3 is 0 Å². The maximum Gasteiger partial charge on any atom is 0.294 e. The first kappa shape index (κ1) is 26.6. The summed E-state index contributed by atoms with van der Waals surface area (Å²) >= 11 is 0. The van der Waals surface area contributed by atoms with Gasteiger partial charge in [0.2, 0.25) is 16.0 Å². The molecular formula is C21H27N5O7S2. The molecule has 1 saturated heterocycles. The lowest BCUT2D eigenvalue weighted by molar-refractivity contribution is 0.0152. The standard InChI is InChI=1S/C21H27N5O7S2/c1-34(28,29)19-4-2-3-16(15-19)20(27)26(21(22)23)33-17-5-7-18(8-6-17)35(30,31)24-9-10-25-11-13-32-14-12-25/h2-8,15,24H,9-14H2,1H3,(H3,22,23). The van der Waals surface area contributed by atoms with Crippen molar-refractivity contribution in [1.29, 1.82) is 5.41 Å². The number of nitrogens with zero attached hydrogens (tertiary/aromatic N) is 2. The predicted molar refractivity (Wildman–Crippen MR) is 127 cm³/mol. The van der Waals surface area contributed by atoms with E-state index in [9.17, 15) is 21.6 Å². The molecule has 35 heavy (non-hydrogen) atoms. The summed E-state index contributed by atoms with van der Waals surface area (Å²) in [6.07, 6.45) is 1.00. The third-order valence-corrected chi connectivity index (χ3v) is 7.65. The lowest BCUT2D eigenvalue weighted by Crippen LogP contribution is -2.43. The third-order valence-electron chi connectivity index (χ3n) is 5.07. The molecule has 0 aromatic heterocycles. The normalized spacial score (nSPS) is 14.9. The molecule has 0 unspecified atom stereocenters.